The molecule has 1 fully saturated rings. The predicted molar refractivity (Wildman–Crippen MR) is 161 cm³/mol. The van der Waals surface area contributed by atoms with E-state index < -0.39 is 0 Å². The lowest BCUT2D eigenvalue weighted by molar-refractivity contribution is 0.113. The van der Waals surface area contributed by atoms with Crippen LogP contribution in [0.25, 0.3) is 16.9 Å². The Hall–Kier alpha value is -3.26. The fourth-order valence-corrected chi connectivity index (χ4v) is 6.01. The summed E-state index contributed by atoms with van der Waals surface area (Å²) in [6.45, 7) is 15.6. The SMILES string of the molecule is CCCc1cc(-c2cc(OC)c3nccn3n2)ccc1/C(CC)=N/N=C(\C)N(C)C1CC(C)(C)NC(C)(C)C1. The third-order valence-corrected chi connectivity index (χ3v) is 7.65. The standard InChI is InChI=1S/C31H45N7O/c1-10-12-22-17-23(27-18-28(39-9)29-32-15-16-38(29)35-27)13-14-25(22)26(11-2)34-33-21(3)37(8)24-19-30(4,5)36-31(6,7)20-24/h13-18,24,36H,10-12,19-20H2,1-9H3/b33-21+,34-26+. The van der Waals surface area contributed by atoms with Gasteiger partial charge in [0.1, 0.15) is 5.84 Å². The Morgan fingerprint density at radius 2 is 1.85 bits per heavy atom. The molecule has 0 unspecified atom stereocenters. The summed E-state index contributed by atoms with van der Waals surface area (Å²) >= 11 is 0. The van der Waals surface area contributed by atoms with Crippen LogP contribution in [0, 0.1) is 0 Å². The number of aryl methyl sites for hydroxylation is 1. The number of aromatic nitrogens is 3. The van der Waals surface area contributed by atoms with E-state index in [9.17, 15) is 0 Å². The summed E-state index contributed by atoms with van der Waals surface area (Å²) in [6.07, 6.45) is 8.50. The van der Waals surface area contributed by atoms with E-state index in [-0.39, 0.29) is 11.1 Å². The molecular weight excluding hydrogens is 486 g/mol. The Morgan fingerprint density at radius 1 is 1.13 bits per heavy atom. The molecule has 2 aromatic heterocycles. The smallest absolute Gasteiger partial charge is 0.196 e. The zero-order valence-corrected chi connectivity index (χ0v) is 25.2. The van der Waals surface area contributed by atoms with Gasteiger partial charge >= 0.3 is 0 Å². The highest BCUT2D eigenvalue weighted by molar-refractivity contribution is 6.02. The molecule has 0 spiro atoms. The molecule has 1 saturated heterocycles. The first-order valence-electron chi connectivity index (χ1n) is 14.1. The topological polar surface area (TPSA) is 79.4 Å². The van der Waals surface area contributed by atoms with Crippen LogP contribution in [-0.2, 0) is 6.42 Å². The van der Waals surface area contributed by atoms with Crippen molar-refractivity contribution in [2.45, 2.75) is 97.7 Å². The maximum absolute atomic E-state index is 5.58. The highest BCUT2D eigenvalue weighted by atomic mass is 16.5. The fraction of sp³-hybridized carbons (Fsp3) is 0.548. The molecule has 0 amide bonds. The quantitative estimate of drug-likeness (QED) is 0.215. The van der Waals surface area contributed by atoms with Crippen LogP contribution in [0.1, 0.15) is 85.3 Å². The first-order chi connectivity index (χ1) is 18.5. The number of benzene rings is 1. The molecule has 0 bridgehead atoms. The molecule has 8 heteroatoms. The Balaban J connectivity index is 1.64. The van der Waals surface area contributed by atoms with Gasteiger partial charge in [-0.05, 0) is 71.9 Å². The van der Waals surface area contributed by atoms with Crippen molar-refractivity contribution in [1.29, 1.82) is 0 Å². The van der Waals surface area contributed by atoms with Gasteiger partial charge in [-0.3, -0.25) is 0 Å². The molecule has 0 aliphatic carbocycles. The van der Waals surface area contributed by atoms with Crippen LogP contribution in [0.15, 0.2) is 46.9 Å². The van der Waals surface area contributed by atoms with E-state index in [1.54, 1.807) is 17.8 Å². The zero-order chi connectivity index (χ0) is 28.4. The molecule has 3 aromatic rings. The van der Waals surface area contributed by atoms with E-state index in [0.717, 1.165) is 60.5 Å². The van der Waals surface area contributed by atoms with Gasteiger partial charge in [0.25, 0.3) is 0 Å². The monoisotopic (exact) mass is 531 g/mol. The van der Waals surface area contributed by atoms with E-state index in [1.807, 2.05) is 12.3 Å². The van der Waals surface area contributed by atoms with E-state index in [1.165, 1.54) is 5.56 Å². The second-order valence-electron chi connectivity index (χ2n) is 12.0. The van der Waals surface area contributed by atoms with Crippen molar-refractivity contribution in [2.24, 2.45) is 10.2 Å². The van der Waals surface area contributed by atoms with Gasteiger partial charge < -0.3 is 15.0 Å². The Kier molecular flexibility index (Phi) is 8.45. The van der Waals surface area contributed by atoms with Crippen LogP contribution in [0.4, 0.5) is 0 Å². The Bertz CT molecular complexity index is 1350. The fourth-order valence-electron chi connectivity index (χ4n) is 6.01. The molecule has 0 saturated carbocycles. The molecule has 0 atom stereocenters. The summed E-state index contributed by atoms with van der Waals surface area (Å²) in [5.74, 6) is 1.65. The average molecular weight is 532 g/mol. The highest BCUT2D eigenvalue weighted by Crippen LogP contribution is 2.31. The van der Waals surface area contributed by atoms with Crippen LogP contribution in [0.5, 0.6) is 5.75 Å². The van der Waals surface area contributed by atoms with Gasteiger partial charge in [-0.25, -0.2) is 9.50 Å². The van der Waals surface area contributed by atoms with Crippen LogP contribution in [0.2, 0.25) is 0 Å². The number of ether oxygens (including phenoxy) is 1. The largest absolute Gasteiger partial charge is 0.493 e. The number of rotatable bonds is 8. The van der Waals surface area contributed by atoms with Gasteiger partial charge in [-0.1, -0.05) is 32.4 Å². The predicted octanol–water partition coefficient (Wildman–Crippen LogP) is 6.13. The van der Waals surface area contributed by atoms with Crippen LogP contribution in [0.3, 0.4) is 0 Å². The lowest BCUT2D eigenvalue weighted by atomic mass is 9.79. The number of amidine groups is 1. The number of imidazole rings is 1. The van der Waals surface area contributed by atoms with E-state index in [4.69, 9.17) is 20.0 Å². The van der Waals surface area contributed by atoms with Crippen LogP contribution < -0.4 is 10.1 Å². The summed E-state index contributed by atoms with van der Waals surface area (Å²) in [4.78, 5) is 6.66. The minimum atomic E-state index is 0.0802. The molecule has 1 N–H and O–H groups in total. The summed E-state index contributed by atoms with van der Waals surface area (Å²) < 4.78 is 7.34. The summed E-state index contributed by atoms with van der Waals surface area (Å²) in [7, 11) is 3.81. The van der Waals surface area contributed by atoms with Gasteiger partial charge in [0, 0.05) is 53.8 Å². The van der Waals surface area contributed by atoms with Crippen molar-refractivity contribution in [1.82, 2.24) is 24.8 Å². The minimum Gasteiger partial charge on any atom is -0.493 e. The van der Waals surface area contributed by atoms with Crippen LogP contribution >= 0.6 is 0 Å². The first kappa shape index (κ1) is 28.7. The zero-order valence-electron chi connectivity index (χ0n) is 25.2. The molecule has 1 aliphatic rings. The van der Waals surface area contributed by atoms with Crippen molar-refractivity contribution in [3.63, 3.8) is 0 Å². The third kappa shape index (κ3) is 6.49. The number of hydrogen-bond acceptors (Lipinski definition) is 6. The van der Waals surface area contributed by atoms with Crippen molar-refractivity contribution >= 4 is 17.2 Å². The first-order valence-corrected chi connectivity index (χ1v) is 14.1. The molecule has 210 valence electrons. The molecule has 8 nitrogen and oxygen atoms in total. The van der Waals surface area contributed by atoms with Gasteiger partial charge in [-0.15, -0.1) is 5.10 Å². The van der Waals surface area contributed by atoms with Gasteiger partial charge in [0.05, 0.1) is 18.5 Å². The van der Waals surface area contributed by atoms with Gasteiger partial charge in [-0.2, -0.15) is 10.2 Å². The third-order valence-electron chi connectivity index (χ3n) is 7.65. The number of nitrogens with zero attached hydrogens (tertiary/aromatic N) is 6. The second kappa shape index (κ2) is 11.5. The Morgan fingerprint density at radius 3 is 2.49 bits per heavy atom. The summed E-state index contributed by atoms with van der Waals surface area (Å²) in [6, 6.07) is 8.88. The van der Waals surface area contributed by atoms with Gasteiger partial charge in [0.2, 0.25) is 0 Å². The number of hydrogen-bond donors (Lipinski definition) is 1. The molecular formula is C31H45N7O. The maximum Gasteiger partial charge on any atom is 0.196 e. The van der Waals surface area contributed by atoms with Gasteiger partial charge in [0.15, 0.2) is 11.4 Å². The molecule has 39 heavy (non-hydrogen) atoms. The van der Waals surface area contributed by atoms with E-state index >= 15 is 0 Å². The van der Waals surface area contributed by atoms with E-state index in [0.29, 0.717) is 17.4 Å². The lowest BCUT2D eigenvalue weighted by Gasteiger charge is -2.49. The number of methoxy groups -OCH3 is 1. The molecule has 0 radical (unpaired) electrons. The number of nitrogens with one attached hydrogen (secondary N) is 1. The second-order valence-corrected chi connectivity index (χ2v) is 12.0. The molecule has 1 aliphatic heterocycles. The summed E-state index contributed by atoms with van der Waals surface area (Å²) in [5.41, 5.74) is 6.17. The number of piperidine rings is 1. The minimum absolute atomic E-state index is 0.0802. The molecule has 3 heterocycles. The van der Waals surface area contributed by atoms with Crippen molar-refractivity contribution in [3.8, 4) is 17.0 Å². The molecule has 1 aromatic carbocycles. The Labute approximate surface area is 233 Å². The van der Waals surface area contributed by atoms with E-state index in [2.05, 4.69) is 88.9 Å². The normalized spacial score (nSPS) is 18.0. The summed E-state index contributed by atoms with van der Waals surface area (Å²) in [5, 5.41) is 18.1. The average Bonchev–Trinajstić information content (AvgIpc) is 3.35. The van der Waals surface area contributed by atoms with Crippen molar-refractivity contribution in [3.05, 3.63) is 47.8 Å². The van der Waals surface area contributed by atoms with Crippen molar-refractivity contribution < 1.29 is 4.74 Å². The highest BCUT2D eigenvalue weighted by Gasteiger charge is 2.39. The van der Waals surface area contributed by atoms with Crippen molar-refractivity contribution in [2.75, 3.05) is 14.2 Å². The lowest BCUT2D eigenvalue weighted by Crippen LogP contribution is -2.62. The maximum atomic E-state index is 5.58. The number of fused-ring (bicyclic) bond motifs is 1. The van der Waals surface area contributed by atoms with Crippen LogP contribution in [-0.4, -0.2) is 62.3 Å². The molecule has 4 rings (SSSR count).